The Morgan fingerprint density at radius 3 is 2.75 bits per heavy atom. The maximum absolute atomic E-state index is 11.9. The normalized spacial score (nSPS) is 10.9. The highest BCUT2D eigenvalue weighted by Gasteiger charge is 2.23. The summed E-state index contributed by atoms with van der Waals surface area (Å²) in [6.07, 6.45) is 1.75. The Morgan fingerprint density at radius 1 is 1.29 bits per heavy atom. The Kier molecular flexibility index (Phi) is 5.73. The second-order valence-electron chi connectivity index (χ2n) is 6.39. The van der Waals surface area contributed by atoms with Gasteiger partial charge in [-0.3, -0.25) is 5.10 Å². The van der Waals surface area contributed by atoms with Gasteiger partial charge in [-0.25, -0.2) is 4.79 Å². The van der Waals surface area contributed by atoms with Crippen LogP contribution >= 0.6 is 0 Å². The van der Waals surface area contributed by atoms with Crippen LogP contribution in [-0.2, 0) is 11.2 Å². The fourth-order valence-corrected chi connectivity index (χ4v) is 3.17. The Morgan fingerprint density at radius 2 is 2.07 bits per heavy atom. The number of aromatic nitrogens is 2. The van der Waals surface area contributed by atoms with Crippen molar-refractivity contribution in [3.8, 4) is 34.1 Å². The van der Waals surface area contributed by atoms with Crippen LogP contribution in [-0.4, -0.2) is 35.0 Å². The van der Waals surface area contributed by atoms with Crippen LogP contribution in [0.25, 0.3) is 22.6 Å². The lowest BCUT2D eigenvalue weighted by molar-refractivity contribution is 0.0491. The number of H-pyrrole nitrogens is 1. The monoisotopic (exact) mass is 384 g/mol. The van der Waals surface area contributed by atoms with E-state index in [-0.39, 0.29) is 18.1 Å². The van der Waals surface area contributed by atoms with Crippen LogP contribution in [0.2, 0.25) is 0 Å². The van der Waals surface area contributed by atoms with Crippen LogP contribution in [0.5, 0.6) is 11.5 Å². The molecule has 3 rings (SSSR count). The van der Waals surface area contributed by atoms with Crippen LogP contribution in [0.1, 0.15) is 42.1 Å². The number of phenolic OH excluding ortho intramolecular Hbond substituents is 1. The first-order valence-corrected chi connectivity index (χ1v) is 9.22. The van der Waals surface area contributed by atoms with Crippen molar-refractivity contribution in [2.24, 2.45) is 0 Å². The number of aromatic hydroxyl groups is 1. The van der Waals surface area contributed by atoms with Crippen molar-refractivity contribution in [2.45, 2.75) is 33.6 Å². The van der Waals surface area contributed by atoms with Gasteiger partial charge in [0.2, 0.25) is 5.76 Å². The molecule has 28 heavy (non-hydrogen) atoms. The molecule has 2 N–H and O–H groups in total. The van der Waals surface area contributed by atoms with Gasteiger partial charge >= 0.3 is 5.97 Å². The molecule has 0 aliphatic rings. The summed E-state index contributed by atoms with van der Waals surface area (Å²) in [5.41, 5.74) is 3.53. The molecule has 7 nitrogen and oxygen atoms in total. The zero-order chi connectivity index (χ0) is 20.3. The molecule has 0 bridgehead atoms. The molecule has 148 valence electrons. The molecule has 0 fully saturated rings. The number of esters is 1. The average molecular weight is 384 g/mol. The highest BCUT2D eigenvalue weighted by atomic mass is 16.5. The van der Waals surface area contributed by atoms with Crippen molar-refractivity contribution in [3.05, 3.63) is 41.3 Å². The van der Waals surface area contributed by atoms with Gasteiger partial charge in [0.05, 0.1) is 19.3 Å². The van der Waals surface area contributed by atoms with Gasteiger partial charge in [0, 0.05) is 17.3 Å². The number of methoxy groups -OCH3 is 1. The topological polar surface area (TPSA) is 97.6 Å². The molecule has 2 aromatic heterocycles. The summed E-state index contributed by atoms with van der Waals surface area (Å²) in [5, 5.41) is 17.9. The number of ether oxygens (including phenoxy) is 2. The molecule has 0 saturated heterocycles. The van der Waals surface area contributed by atoms with Crippen LogP contribution in [0, 0.1) is 6.92 Å². The number of hydrogen-bond donors (Lipinski definition) is 2. The second kappa shape index (κ2) is 8.21. The van der Waals surface area contributed by atoms with E-state index >= 15 is 0 Å². The predicted octanol–water partition coefficient (Wildman–Crippen LogP) is 4.49. The Labute approximate surface area is 163 Å². The second-order valence-corrected chi connectivity index (χ2v) is 6.39. The molecule has 0 aliphatic heterocycles. The molecule has 0 atom stereocenters. The van der Waals surface area contributed by atoms with Gasteiger partial charge in [-0.1, -0.05) is 13.3 Å². The fraction of sp³-hybridized carbons (Fsp3) is 0.333. The van der Waals surface area contributed by atoms with Gasteiger partial charge in [-0.05, 0) is 44.0 Å². The molecular formula is C21H24N2O5. The number of benzene rings is 1. The molecule has 2 heterocycles. The molecule has 0 unspecified atom stereocenters. The summed E-state index contributed by atoms with van der Waals surface area (Å²) in [6, 6.07) is 6.74. The molecule has 3 aromatic rings. The number of aryl methyl sites for hydroxylation is 2. The lowest BCUT2D eigenvalue weighted by Crippen LogP contribution is -2.02. The molecule has 0 spiro atoms. The number of furan rings is 1. The van der Waals surface area contributed by atoms with Crippen molar-refractivity contribution >= 4 is 5.97 Å². The average Bonchev–Trinajstić information content (AvgIpc) is 3.29. The summed E-state index contributed by atoms with van der Waals surface area (Å²) in [7, 11) is 1.58. The Balaban J connectivity index is 2.09. The van der Waals surface area contributed by atoms with Crippen molar-refractivity contribution in [1.29, 1.82) is 0 Å². The third kappa shape index (κ3) is 3.60. The number of phenols is 1. The van der Waals surface area contributed by atoms with Gasteiger partial charge in [-0.15, -0.1) is 0 Å². The van der Waals surface area contributed by atoms with Gasteiger partial charge in [0.1, 0.15) is 23.0 Å². The van der Waals surface area contributed by atoms with Crippen LogP contribution in [0.3, 0.4) is 0 Å². The molecule has 0 radical (unpaired) electrons. The highest BCUT2D eigenvalue weighted by molar-refractivity contribution is 5.89. The van der Waals surface area contributed by atoms with Gasteiger partial charge < -0.3 is 19.0 Å². The van der Waals surface area contributed by atoms with Crippen molar-refractivity contribution in [2.75, 3.05) is 13.7 Å². The largest absolute Gasteiger partial charge is 0.507 e. The summed E-state index contributed by atoms with van der Waals surface area (Å²) in [6.45, 7) is 5.94. The minimum Gasteiger partial charge on any atom is -0.507 e. The number of aromatic amines is 1. The van der Waals surface area contributed by atoms with E-state index < -0.39 is 5.97 Å². The third-order valence-corrected chi connectivity index (χ3v) is 4.45. The van der Waals surface area contributed by atoms with E-state index in [1.807, 2.05) is 13.0 Å². The first kappa shape index (κ1) is 19.5. The van der Waals surface area contributed by atoms with Crippen LogP contribution in [0.15, 0.2) is 28.7 Å². The molecular weight excluding hydrogens is 360 g/mol. The number of carbonyl (C=O) groups excluding carboxylic acids is 1. The van der Waals surface area contributed by atoms with Crippen molar-refractivity contribution < 1.29 is 23.8 Å². The fourth-order valence-electron chi connectivity index (χ4n) is 3.17. The standard InChI is InChI=1S/C21H24N2O5/c1-5-7-13-10-14(15(24)11-18(13)26-4)20-19(12(3)22-23-20)16-8-9-17(28-16)21(25)27-6-2/h8-11,24H,5-7H2,1-4H3,(H,22,23). The number of hydrogen-bond acceptors (Lipinski definition) is 6. The van der Waals surface area contributed by atoms with E-state index in [0.717, 1.165) is 24.1 Å². The maximum Gasteiger partial charge on any atom is 0.374 e. The van der Waals surface area contributed by atoms with E-state index in [4.69, 9.17) is 13.9 Å². The Hall–Kier alpha value is -3.22. The molecule has 0 saturated carbocycles. The highest BCUT2D eigenvalue weighted by Crippen LogP contribution is 2.41. The Bertz CT molecular complexity index is 987. The summed E-state index contributed by atoms with van der Waals surface area (Å²) in [5.74, 6) is 0.765. The van der Waals surface area contributed by atoms with E-state index in [2.05, 4.69) is 17.1 Å². The molecule has 0 amide bonds. The smallest absolute Gasteiger partial charge is 0.374 e. The van der Waals surface area contributed by atoms with Crippen molar-refractivity contribution in [1.82, 2.24) is 10.2 Å². The number of nitrogens with one attached hydrogen (secondary N) is 1. The summed E-state index contributed by atoms with van der Waals surface area (Å²) in [4.78, 5) is 11.9. The molecule has 7 heteroatoms. The van der Waals surface area contributed by atoms with E-state index in [9.17, 15) is 9.90 Å². The van der Waals surface area contributed by atoms with Gasteiger partial charge in [0.15, 0.2) is 0 Å². The quantitative estimate of drug-likeness (QED) is 0.583. The zero-order valence-corrected chi connectivity index (χ0v) is 16.5. The minimum atomic E-state index is -0.519. The summed E-state index contributed by atoms with van der Waals surface area (Å²) < 4.78 is 16.1. The first-order chi connectivity index (χ1) is 13.5. The SMILES string of the molecule is CCCc1cc(-c2n[nH]c(C)c2-c2ccc(C(=O)OCC)o2)c(O)cc1OC. The lowest BCUT2D eigenvalue weighted by Gasteiger charge is -2.12. The maximum atomic E-state index is 11.9. The summed E-state index contributed by atoms with van der Waals surface area (Å²) >= 11 is 0. The third-order valence-electron chi connectivity index (χ3n) is 4.45. The van der Waals surface area contributed by atoms with E-state index in [0.29, 0.717) is 28.3 Å². The first-order valence-electron chi connectivity index (χ1n) is 9.22. The molecule has 0 aliphatic carbocycles. The van der Waals surface area contributed by atoms with E-state index in [1.165, 1.54) is 0 Å². The minimum absolute atomic E-state index is 0.0571. The number of carbonyl (C=O) groups is 1. The van der Waals surface area contributed by atoms with Crippen molar-refractivity contribution in [3.63, 3.8) is 0 Å². The van der Waals surface area contributed by atoms with Gasteiger partial charge in [0.25, 0.3) is 0 Å². The van der Waals surface area contributed by atoms with Crippen LogP contribution < -0.4 is 4.74 Å². The predicted molar refractivity (Wildman–Crippen MR) is 105 cm³/mol. The molecule has 1 aromatic carbocycles. The van der Waals surface area contributed by atoms with Gasteiger partial charge in [-0.2, -0.15) is 5.10 Å². The number of rotatable bonds is 7. The van der Waals surface area contributed by atoms with E-state index in [1.54, 1.807) is 32.2 Å². The lowest BCUT2D eigenvalue weighted by atomic mass is 9.99. The number of nitrogens with zero attached hydrogens (tertiary/aromatic N) is 1. The van der Waals surface area contributed by atoms with Crippen LogP contribution in [0.4, 0.5) is 0 Å². The zero-order valence-electron chi connectivity index (χ0n) is 16.5.